The lowest BCUT2D eigenvalue weighted by atomic mass is 10.1. The molecule has 0 spiro atoms. The summed E-state index contributed by atoms with van der Waals surface area (Å²) in [4.78, 5) is 30.0. The number of anilines is 1. The maximum Gasteiger partial charge on any atom is 0.249 e. The molecular weight excluding hydrogens is 290 g/mol. The maximum absolute atomic E-state index is 12.5. The molecule has 0 radical (unpaired) electrons. The molecule has 0 bridgehead atoms. The van der Waals surface area contributed by atoms with Gasteiger partial charge in [-0.2, -0.15) is 0 Å². The van der Waals surface area contributed by atoms with Gasteiger partial charge in [0.15, 0.2) is 0 Å². The molecule has 1 saturated heterocycles. The Hall–Kier alpha value is -2.14. The molecule has 5 nitrogen and oxygen atoms in total. The quantitative estimate of drug-likeness (QED) is 0.878. The highest BCUT2D eigenvalue weighted by Gasteiger charge is 2.28. The topological polar surface area (TPSA) is 62.3 Å². The third-order valence-electron chi connectivity index (χ3n) is 3.56. The Bertz CT molecular complexity index is 732. The van der Waals surface area contributed by atoms with E-state index in [1.54, 1.807) is 36.2 Å². The van der Waals surface area contributed by atoms with Crippen molar-refractivity contribution in [3.05, 3.63) is 35.5 Å². The van der Waals surface area contributed by atoms with Crippen molar-refractivity contribution in [2.45, 2.75) is 19.4 Å². The van der Waals surface area contributed by atoms with E-state index in [1.165, 1.54) is 0 Å². The monoisotopic (exact) mass is 303 g/mol. The largest absolute Gasteiger partial charge is 0.345 e. The van der Waals surface area contributed by atoms with Gasteiger partial charge in [-0.25, -0.2) is 0 Å². The van der Waals surface area contributed by atoms with Gasteiger partial charge in [-0.15, -0.1) is 0 Å². The van der Waals surface area contributed by atoms with Crippen LogP contribution < -0.4 is 10.2 Å². The van der Waals surface area contributed by atoms with Crippen LogP contribution in [0.15, 0.2) is 30.5 Å². The van der Waals surface area contributed by atoms with Crippen molar-refractivity contribution in [3.8, 4) is 0 Å². The maximum atomic E-state index is 12.5. The van der Waals surface area contributed by atoms with Crippen LogP contribution in [0.25, 0.3) is 10.9 Å². The summed E-state index contributed by atoms with van der Waals surface area (Å²) in [5, 5.41) is 4.06. The molecule has 1 aliphatic rings. The molecule has 0 saturated carbocycles. The first-order valence-corrected chi connectivity index (χ1v) is 7.09. The number of nitrogens with one attached hydrogen (secondary N) is 1. The molecule has 0 aliphatic carbocycles. The van der Waals surface area contributed by atoms with Crippen LogP contribution in [0.1, 0.15) is 13.3 Å². The zero-order valence-corrected chi connectivity index (χ0v) is 12.2. The average Bonchev–Trinajstić information content (AvgIpc) is 2.60. The van der Waals surface area contributed by atoms with Crippen molar-refractivity contribution in [3.63, 3.8) is 0 Å². The minimum atomic E-state index is -0.547. The number of hydrogen-bond donors (Lipinski definition) is 1. The third-order valence-corrected chi connectivity index (χ3v) is 3.89. The molecule has 1 aromatic carbocycles. The third kappa shape index (κ3) is 2.45. The highest BCUT2D eigenvalue weighted by Crippen LogP contribution is 2.31. The number of halogens is 1. The lowest BCUT2D eigenvalue weighted by Crippen LogP contribution is -2.42. The minimum Gasteiger partial charge on any atom is -0.345 e. The van der Waals surface area contributed by atoms with Gasteiger partial charge in [-0.3, -0.25) is 14.6 Å². The summed E-state index contributed by atoms with van der Waals surface area (Å²) in [5.74, 6) is -0.264. The Labute approximate surface area is 126 Å². The van der Waals surface area contributed by atoms with Crippen LogP contribution in [0.2, 0.25) is 5.02 Å². The van der Waals surface area contributed by atoms with Crippen LogP contribution in [0, 0.1) is 0 Å². The number of fused-ring (bicyclic) bond motifs is 1. The number of aromatic nitrogens is 1. The lowest BCUT2D eigenvalue weighted by Gasteiger charge is -2.23. The number of rotatable bonds is 1. The Morgan fingerprint density at radius 1 is 1.33 bits per heavy atom. The second-order valence-electron chi connectivity index (χ2n) is 5.00. The van der Waals surface area contributed by atoms with Crippen molar-refractivity contribution in [1.29, 1.82) is 0 Å². The fourth-order valence-corrected chi connectivity index (χ4v) is 2.73. The van der Waals surface area contributed by atoms with Crippen molar-refractivity contribution in [2.75, 3.05) is 11.4 Å². The predicted molar refractivity (Wildman–Crippen MR) is 81.3 cm³/mol. The van der Waals surface area contributed by atoms with Crippen molar-refractivity contribution >= 4 is 40.0 Å². The molecule has 3 rings (SSSR count). The average molecular weight is 304 g/mol. The minimum absolute atomic E-state index is 0.121. The SMILES string of the molecule is CC1NC(=O)CCN(c2ccc(Cl)c3cccnc23)C1=O. The molecule has 6 heteroatoms. The second kappa shape index (κ2) is 5.33. The van der Waals surface area contributed by atoms with Crippen LogP contribution in [0.3, 0.4) is 0 Å². The zero-order valence-electron chi connectivity index (χ0n) is 11.5. The summed E-state index contributed by atoms with van der Waals surface area (Å²) in [6.45, 7) is 2.02. The summed E-state index contributed by atoms with van der Waals surface area (Å²) >= 11 is 6.18. The normalized spacial score (nSPS) is 19.5. The van der Waals surface area contributed by atoms with E-state index in [-0.39, 0.29) is 18.2 Å². The van der Waals surface area contributed by atoms with E-state index in [0.717, 1.165) is 5.39 Å². The second-order valence-corrected chi connectivity index (χ2v) is 5.40. The Balaban J connectivity index is 2.13. The summed E-state index contributed by atoms with van der Waals surface area (Å²) < 4.78 is 0. The highest BCUT2D eigenvalue weighted by molar-refractivity contribution is 6.36. The number of amides is 2. The van der Waals surface area contributed by atoms with E-state index in [2.05, 4.69) is 10.3 Å². The first kappa shape index (κ1) is 13.8. The van der Waals surface area contributed by atoms with Crippen molar-refractivity contribution in [2.24, 2.45) is 0 Å². The van der Waals surface area contributed by atoms with E-state index >= 15 is 0 Å². The van der Waals surface area contributed by atoms with Crippen LogP contribution in [-0.4, -0.2) is 29.4 Å². The van der Waals surface area contributed by atoms with Gasteiger partial charge in [0.1, 0.15) is 6.04 Å². The number of nitrogens with zero attached hydrogens (tertiary/aromatic N) is 2. The molecule has 1 unspecified atom stereocenters. The fourth-order valence-electron chi connectivity index (χ4n) is 2.51. The molecule has 1 N–H and O–H groups in total. The Kier molecular flexibility index (Phi) is 3.51. The highest BCUT2D eigenvalue weighted by atomic mass is 35.5. The standard InChI is InChI=1S/C15H14ClN3O2/c1-9-15(21)19(8-6-13(20)18-9)12-5-4-11(16)10-3-2-7-17-14(10)12/h2-5,7,9H,6,8H2,1H3,(H,18,20). The van der Waals surface area contributed by atoms with Crippen LogP contribution in [0.4, 0.5) is 5.69 Å². The molecule has 1 fully saturated rings. The van der Waals surface area contributed by atoms with Crippen LogP contribution in [0.5, 0.6) is 0 Å². The smallest absolute Gasteiger partial charge is 0.249 e. The van der Waals surface area contributed by atoms with Gasteiger partial charge in [0.25, 0.3) is 0 Å². The molecule has 2 heterocycles. The van der Waals surface area contributed by atoms with Gasteiger partial charge >= 0.3 is 0 Å². The van der Waals surface area contributed by atoms with Crippen molar-refractivity contribution < 1.29 is 9.59 Å². The number of pyridine rings is 1. The van der Waals surface area contributed by atoms with E-state index in [1.807, 2.05) is 6.07 Å². The summed E-state index contributed by atoms with van der Waals surface area (Å²) in [6.07, 6.45) is 1.93. The molecule has 1 atom stereocenters. The molecule has 108 valence electrons. The molecule has 21 heavy (non-hydrogen) atoms. The molecular formula is C15H14ClN3O2. The van der Waals surface area contributed by atoms with E-state index in [0.29, 0.717) is 22.8 Å². The van der Waals surface area contributed by atoms with Gasteiger partial charge in [-0.1, -0.05) is 11.6 Å². The first-order valence-electron chi connectivity index (χ1n) is 6.72. The Morgan fingerprint density at radius 3 is 2.95 bits per heavy atom. The lowest BCUT2D eigenvalue weighted by molar-refractivity contribution is -0.125. The molecule has 2 aromatic rings. The summed E-state index contributed by atoms with van der Waals surface area (Å²) in [6, 6.07) is 6.64. The van der Waals surface area contributed by atoms with Crippen LogP contribution >= 0.6 is 11.6 Å². The first-order chi connectivity index (χ1) is 10.1. The molecule has 2 amide bonds. The van der Waals surface area contributed by atoms with Gasteiger partial charge < -0.3 is 10.2 Å². The predicted octanol–water partition coefficient (Wildman–Crippen LogP) is 2.13. The van der Waals surface area contributed by atoms with E-state index in [4.69, 9.17) is 11.6 Å². The van der Waals surface area contributed by atoms with Gasteiger partial charge in [-0.05, 0) is 31.2 Å². The number of benzene rings is 1. The number of hydrogen-bond acceptors (Lipinski definition) is 3. The molecule has 1 aliphatic heterocycles. The molecule has 1 aromatic heterocycles. The fraction of sp³-hybridized carbons (Fsp3) is 0.267. The summed E-state index contributed by atoms with van der Waals surface area (Å²) in [7, 11) is 0. The van der Waals surface area contributed by atoms with Gasteiger partial charge in [0.05, 0.1) is 16.2 Å². The van der Waals surface area contributed by atoms with Gasteiger partial charge in [0.2, 0.25) is 11.8 Å². The Morgan fingerprint density at radius 2 is 2.14 bits per heavy atom. The van der Waals surface area contributed by atoms with E-state index < -0.39 is 6.04 Å². The van der Waals surface area contributed by atoms with E-state index in [9.17, 15) is 9.59 Å². The zero-order chi connectivity index (χ0) is 15.0. The van der Waals surface area contributed by atoms with Crippen molar-refractivity contribution in [1.82, 2.24) is 10.3 Å². The number of carbonyl (C=O) groups excluding carboxylic acids is 2. The summed E-state index contributed by atoms with van der Waals surface area (Å²) in [5.41, 5.74) is 1.35. The van der Waals surface area contributed by atoms with Crippen LogP contribution in [-0.2, 0) is 9.59 Å². The van der Waals surface area contributed by atoms with Gasteiger partial charge in [0, 0.05) is 24.5 Å². The number of carbonyl (C=O) groups is 2.